The van der Waals surface area contributed by atoms with E-state index in [1.807, 2.05) is 6.92 Å². The Bertz CT molecular complexity index is 383. The molecule has 1 heterocycles. The van der Waals surface area contributed by atoms with E-state index in [2.05, 4.69) is 5.32 Å². The zero-order valence-electron chi connectivity index (χ0n) is 8.72. The van der Waals surface area contributed by atoms with E-state index in [1.54, 1.807) is 12.1 Å². The lowest BCUT2D eigenvalue weighted by atomic mass is 9.95. The van der Waals surface area contributed by atoms with Crippen LogP contribution in [0.15, 0.2) is 18.2 Å². The molecule has 80 valence electrons. The predicted molar refractivity (Wildman–Crippen MR) is 56.4 cm³/mol. The molecule has 1 unspecified atom stereocenters. The summed E-state index contributed by atoms with van der Waals surface area (Å²) in [5.74, 6) is -0.528. The first-order valence-corrected chi connectivity index (χ1v) is 5.19. The highest BCUT2D eigenvalue weighted by molar-refractivity contribution is 5.98. The van der Waals surface area contributed by atoms with Gasteiger partial charge in [-0.05, 0) is 32.0 Å². The maximum atomic E-state index is 13.4. The molecule has 1 N–H and O–H groups in total. The number of hydrogen-bond acceptors (Lipinski definition) is 2. The molecule has 0 saturated carbocycles. The van der Waals surface area contributed by atoms with Crippen LogP contribution in [-0.4, -0.2) is 18.9 Å². The number of carbonyl (C=O) groups is 1. The van der Waals surface area contributed by atoms with Gasteiger partial charge in [-0.2, -0.15) is 0 Å². The molecular formula is C12H14FNO. The van der Waals surface area contributed by atoms with Crippen molar-refractivity contribution >= 4 is 5.78 Å². The summed E-state index contributed by atoms with van der Waals surface area (Å²) in [5.41, 5.74) is 1.16. The Kier molecular flexibility index (Phi) is 2.82. The number of rotatable bonds is 2. The molecule has 1 fully saturated rings. The third-order valence-corrected chi connectivity index (χ3v) is 2.82. The fourth-order valence-electron chi connectivity index (χ4n) is 1.93. The lowest BCUT2D eigenvalue weighted by Crippen LogP contribution is -2.19. The molecule has 0 radical (unpaired) electrons. The van der Waals surface area contributed by atoms with Crippen molar-refractivity contribution in [3.63, 3.8) is 0 Å². The minimum absolute atomic E-state index is 0.0544. The Labute approximate surface area is 88.5 Å². The largest absolute Gasteiger partial charge is 0.316 e. The van der Waals surface area contributed by atoms with Gasteiger partial charge in [-0.3, -0.25) is 4.79 Å². The monoisotopic (exact) mass is 207 g/mol. The number of nitrogens with one attached hydrogen (secondary N) is 1. The van der Waals surface area contributed by atoms with Gasteiger partial charge < -0.3 is 5.32 Å². The van der Waals surface area contributed by atoms with E-state index < -0.39 is 5.82 Å². The van der Waals surface area contributed by atoms with Gasteiger partial charge >= 0.3 is 0 Å². The number of hydrogen-bond donors (Lipinski definition) is 1. The molecule has 0 aromatic heterocycles. The zero-order chi connectivity index (χ0) is 10.8. The SMILES string of the molecule is Cc1ccc(F)c(C(=O)C2CCNC2)c1. The zero-order valence-corrected chi connectivity index (χ0v) is 8.72. The van der Waals surface area contributed by atoms with Gasteiger partial charge in [-0.1, -0.05) is 11.6 Å². The number of carbonyl (C=O) groups excluding carboxylic acids is 1. The van der Waals surface area contributed by atoms with Crippen molar-refractivity contribution in [2.24, 2.45) is 5.92 Å². The molecule has 1 aromatic carbocycles. The molecule has 1 aliphatic heterocycles. The second-order valence-corrected chi connectivity index (χ2v) is 4.04. The second-order valence-electron chi connectivity index (χ2n) is 4.04. The number of aryl methyl sites for hydroxylation is 1. The molecule has 2 nitrogen and oxygen atoms in total. The maximum absolute atomic E-state index is 13.4. The average molecular weight is 207 g/mol. The Morgan fingerprint density at radius 1 is 1.53 bits per heavy atom. The van der Waals surface area contributed by atoms with Crippen molar-refractivity contribution < 1.29 is 9.18 Å². The van der Waals surface area contributed by atoms with E-state index in [-0.39, 0.29) is 17.3 Å². The third-order valence-electron chi connectivity index (χ3n) is 2.82. The highest BCUT2D eigenvalue weighted by Crippen LogP contribution is 2.18. The van der Waals surface area contributed by atoms with E-state index in [0.717, 1.165) is 18.5 Å². The molecule has 1 aliphatic rings. The summed E-state index contributed by atoms with van der Waals surface area (Å²) in [4.78, 5) is 11.9. The lowest BCUT2D eigenvalue weighted by Gasteiger charge is -2.08. The van der Waals surface area contributed by atoms with Crippen molar-refractivity contribution in [1.82, 2.24) is 5.32 Å². The average Bonchev–Trinajstić information content (AvgIpc) is 2.74. The minimum atomic E-state index is -0.405. The van der Waals surface area contributed by atoms with Crippen LogP contribution in [0.25, 0.3) is 0 Å². The van der Waals surface area contributed by atoms with E-state index in [9.17, 15) is 9.18 Å². The number of Topliss-reactive ketones (excluding diaryl/α,β-unsaturated/α-hetero) is 1. The summed E-state index contributed by atoms with van der Waals surface area (Å²) >= 11 is 0. The third kappa shape index (κ3) is 2.07. The van der Waals surface area contributed by atoms with Crippen LogP contribution >= 0.6 is 0 Å². The van der Waals surface area contributed by atoms with E-state index >= 15 is 0 Å². The van der Waals surface area contributed by atoms with Crippen molar-refractivity contribution in [3.05, 3.63) is 35.1 Å². The van der Waals surface area contributed by atoms with Gasteiger partial charge in [-0.25, -0.2) is 4.39 Å². The molecule has 2 rings (SSSR count). The van der Waals surface area contributed by atoms with Crippen molar-refractivity contribution in [3.8, 4) is 0 Å². The van der Waals surface area contributed by atoms with E-state index in [1.165, 1.54) is 6.07 Å². The molecule has 0 spiro atoms. The standard InChI is InChI=1S/C12H14FNO/c1-8-2-3-11(13)10(6-8)12(15)9-4-5-14-7-9/h2-3,6,9,14H,4-5,7H2,1H3. The normalized spacial score (nSPS) is 20.5. The highest BCUT2D eigenvalue weighted by Gasteiger charge is 2.25. The van der Waals surface area contributed by atoms with Gasteiger partial charge in [-0.15, -0.1) is 0 Å². The van der Waals surface area contributed by atoms with Crippen LogP contribution in [0, 0.1) is 18.7 Å². The fraction of sp³-hybridized carbons (Fsp3) is 0.417. The molecule has 0 bridgehead atoms. The van der Waals surface area contributed by atoms with Gasteiger partial charge in [0.05, 0.1) is 5.56 Å². The smallest absolute Gasteiger partial charge is 0.170 e. The van der Waals surface area contributed by atoms with Crippen LogP contribution in [0.2, 0.25) is 0 Å². The van der Waals surface area contributed by atoms with Crippen LogP contribution in [0.3, 0.4) is 0 Å². The van der Waals surface area contributed by atoms with Crippen LogP contribution in [0.4, 0.5) is 4.39 Å². The topological polar surface area (TPSA) is 29.1 Å². The predicted octanol–water partition coefficient (Wildman–Crippen LogP) is 1.93. The van der Waals surface area contributed by atoms with Gasteiger partial charge in [0, 0.05) is 12.5 Å². The second kappa shape index (κ2) is 4.11. The van der Waals surface area contributed by atoms with Gasteiger partial charge in [0.1, 0.15) is 5.82 Å². The van der Waals surface area contributed by atoms with Crippen LogP contribution < -0.4 is 5.32 Å². The Hall–Kier alpha value is -1.22. The highest BCUT2D eigenvalue weighted by atomic mass is 19.1. The fourth-order valence-corrected chi connectivity index (χ4v) is 1.93. The molecule has 0 aliphatic carbocycles. The molecular weight excluding hydrogens is 193 g/mol. The van der Waals surface area contributed by atoms with Crippen LogP contribution in [0.1, 0.15) is 22.3 Å². The molecule has 0 amide bonds. The Morgan fingerprint density at radius 2 is 2.33 bits per heavy atom. The summed E-state index contributed by atoms with van der Waals surface area (Å²) in [6.07, 6.45) is 0.812. The first-order chi connectivity index (χ1) is 7.18. The molecule has 3 heteroatoms. The molecule has 15 heavy (non-hydrogen) atoms. The Morgan fingerprint density at radius 3 is 3.00 bits per heavy atom. The number of halogens is 1. The van der Waals surface area contributed by atoms with Gasteiger partial charge in [0.25, 0.3) is 0 Å². The lowest BCUT2D eigenvalue weighted by molar-refractivity contribution is 0.0926. The van der Waals surface area contributed by atoms with Crippen LogP contribution in [-0.2, 0) is 0 Å². The molecule has 1 aromatic rings. The first-order valence-electron chi connectivity index (χ1n) is 5.19. The maximum Gasteiger partial charge on any atom is 0.170 e. The van der Waals surface area contributed by atoms with Crippen molar-refractivity contribution in [1.29, 1.82) is 0 Å². The summed E-state index contributed by atoms with van der Waals surface area (Å²) in [7, 11) is 0. The summed E-state index contributed by atoms with van der Waals surface area (Å²) in [6, 6.07) is 4.68. The van der Waals surface area contributed by atoms with Gasteiger partial charge in [0.2, 0.25) is 0 Å². The van der Waals surface area contributed by atoms with Gasteiger partial charge in [0.15, 0.2) is 5.78 Å². The van der Waals surface area contributed by atoms with E-state index in [4.69, 9.17) is 0 Å². The molecule has 1 atom stereocenters. The minimum Gasteiger partial charge on any atom is -0.316 e. The van der Waals surface area contributed by atoms with Crippen LogP contribution in [0.5, 0.6) is 0 Å². The Balaban J connectivity index is 2.27. The van der Waals surface area contributed by atoms with E-state index in [0.29, 0.717) is 6.54 Å². The molecule has 1 saturated heterocycles. The van der Waals surface area contributed by atoms with Crippen molar-refractivity contribution in [2.45, 2.75) is 13.3 Å². The quantitative estimate of drug-likeness (QED) is 0.751. The number of ketones is 1. The first kappa shape index (κ1) is 10.3. The summed E-state index contributed by atoms with van der Waals surface area (Å²) in [5, 5.41) is 3.11. The summed E-state index contributed by atoms with van der Waals surface area (Å²) < 4.78 is 13.4. The van der Waals surface area contributed by atoms with Crippen molar-refractivity contribution in [2.75, 3.05) is 13.1 Å². The number of benzene rings is 1. The summed E-state index contributed by atoms with van der Waals surface area (Å²) in [6.45, 7) is 3.39.